The van der Waals surface area contributed by atoms with E-state index >= 15 is 0 Å². The normalized spacial score (nSPS) is 51.5. The van der Waals surface area contributed by atoms with Crippen LogP contribution in [0.3, 0.4) is 0 Å². The molecule has 0 unspecified atom stereocenters. The second kappa shape index (κ2) is 9.44. The lowest BCUT2D eigenvalue weighted by Crippen LogP contribution is -2.70. The molecule has 6 aliphatic rings. The van der Waals surface area contributed by atoms with Crippen LogP contribution >= 0.6 is 0 Å². The molecule has 6 fully saturated rings. The Balaban J connectivity index is 1.43. The SMILES string of the molecule is CCOC(C)(C)[C@]12CC[C@](C)(O1)[C@]1(CC[C@]3(C)[C@@H]1[C@H](OC(C)=O)C[C@@H]1[C@@]4(C)CC[C@@H](OC(C)=O)C(C)(C)[C@@H]4CC[C@]13C)O2. The van der Waals surface area contributed by atoms with Gasteiger partial charge < -0.3 is 23.7 Å². The molecule has 0 aromatic carbocycles. The first-order valence-electron chi connectivity index (χ1n) is 17.2. The monoisotopic (exact) mass is 602 g/mol. The highest BCUT2D eigenvalue weighted by Crippen LogP contribution is 2.79. The van der Waals surface area contributed by atoms with Crippen molar-refractivity contribution in [1.29, 1.82) is 0 Å². The Bertz CT molecular complexity index is 1180. The molecule has 7 heteroatoms. The molecule has 0 amide bonds. The van der Waals surface area contributed by atoms with Gasteiger partial charge in [-0.3, -0.25) is 9.59 Å². The van der Waals surface area contributed by atoms with Gasteiger partial charge in [0.15, 0.2) is 5.79 Å². The van der Waals surface area contributed by atoms with Gasteiger partial charge in [0.25, 0.3) is 0 Å². The van der Waals surface area contributed by atoms with Crippen molar-refractivity contribution in [1.82, 2.24) is 0 Å². The Morgan fingerprint density at radius 2 is 1.47 bits per heavy atom. The van der Waals surface area contributed by atoms with E-state index in [-0.39, 0.29) is 51.7 Å². The van der Waals surface area contributed by atoms with Gasteiger partial charge in [-0.1, -0.05) is 34.6 Å². The van der Waals surface area contributed by atoms with E-state index in [1.54, 1.807) is 6.92 Å². The minimum absolute atomic E-state index is 0.0281. The summed E-state index contributed by atoms with van der Waals surface area (Å²) >= 11 is 0. The Morgan fingerprint density at radius 1 is 0.791 bits per heavy atom. The Kier molecular flexibility index (Phi) is 6.98. The van der Waals surface area contributed by atoms with Crippen molar-refractivity contribution in [3.63, 3.8) is 0 Å². The first kappa shape index (κ1) is 31.8. The summed E-state index contributed by atoms with van der Waals surface area (Å²) < 4.78 is 33.2. The van der Waals surface area contributed by atoms with Gasteiger partial charge in [-0.25, -0.2) is 0 Å². The van der Waals surface area contributed by atoms with Crippen molar-refractivity contribution in [2.75, 3.05) is 6.61 Å². The molecule has 7 nitrogen and oxygen atoms in total. The molecule has 2 saturated heterocycles. The molecular formula is C36H58O7. The van der Waals surface area contributed by atoms with Gasteiger partial charge in [0.2, 0.25) is 0 Å². The largest absolute Gasteiger partial charge is 0.462 e. The molecule has 0 radical (unpaired) electrons. The van der Waals surface area contributed by atoms with E-state index in [9.17, 15) is 9.59 Å². The van der Waals surface area contributed by atoms with Crippen LogP contribution in [0.15, 0.2) is 0 Å². The molecule has 2 heterocycles. The molecule has 6 rings (SSSR count). The summed E-state index contributed by atoms with van der Waals surface area (Å²) in [5.74, 6) is -0.399. The minimum atomic E-state index is -0.815. The summed E-state index contributed by atoms with van der Waals surface area (Å²) in [6.45, 7) is 24.4. The fourth-order valence-corrected chi connectivity index (χ4v) is 12.8. The first-order valence-corrected chi connectivity index (χ1v) is 17.2. The van der Waals surface area contributed by atoms with Gasteiger partial charge in [0, 0.05) is 38.2 Å². The number of carbonyl (C=O) groups is 2. The molecule has 0 N–H and O–H groups in total. The lowest BCUT2D eigenvalue weighted by molar-refractivity contribution is -0.303. The lowest BCUT2D eigenvalue weighted by atomic mass is 9.35. The van der Waals surface area contributed by atoms with Crippen LogP contribution in [0.25, 0.3) is 0 Å². The predicted octanol–water partition coefficient (Wildman–Crippen LogP) is 7.38. The minimum Gasteiger partial charge on any atom is -0.462 e. The topological polar surface area (TPSA) is 80.3 Å². The van der Waals surface area contributed by atoms with Crippen molar-refractivity contribution < 1.29 is 33.3 Å². The molecule has 2 bridgehead atoms. The van der Waals surface area contributed by atoms with Crippen molar-refractivity contribution >= 4 is 11.9 Å². The van der Waals surface area contributed by atoms with Crippen LogP contribution in [-0.2, 0) is 33.3 Å². The Morgan fingerprint density at radius 3 is 2.09 bits per heavy atom. The van der Waals surface area contributed by atoms with Crippen LogP contribution in [0, 0.1) is 39.4 Å². The molecule has 11 atom stereocenters. The van der Waals surface area contributed by atoms with Crippen LogP contribution < -0.4 is 0 Å². The molecule has 0 aromatic heterocycles. The van der Waals surface area contributed by atoms with E-state index in [2.05, 4.69) is 55.4 Å². The van der Waals surface area contributed by atoms with E-state index in [4.69, 9.17) is 23.7 Å². The van der Waals surface area contributed by atoms with Crippen LogP contribution in [0.4, 0.5) is 0 Å². The molecular weight excluding hydrogens is 544 g/mol. The third kappa shape index (κ3) is 3.89. The van der Waals surface area contributed by atoms with Gasteiger partial charge >= 0.3 is 11.9 Å². The summed E-state index contributed by atoms with van der Waals surface area (Å²) in [5.41, 5.74) is -1.77. The quantitative estimate of drug-likeness (QED) is 0.304. The highest BCUT2D eigenvalue weighted by Gasteiger charge is 2.83. The predicted molar refractivity (Wildman–Crippen MR) is 163 cm³/mol. The molecule has 4 saturated carbocycles. The van der Waals surface area contributed by atoms with Gasteiger partial charge in [-0.15, -0.1) is 0 Å². The van der Waals surface area contributed by atoms with Gasteiger partial charge in [0.05, 0.1) is 5.60 Å². The molecule has 43 heavy (non-hydrogen) atoms. The molecule has 2 aliphatic heterocycles. The van der Waals surface area contributed by atoms with E-state index < -0.39 is 22.6 Å². The third-order valence-corrected chi connectivity index (χ3v) is 14.9. The number of rotatable bonds is 5. The average Bonchev–Trinajstić information content (AvgIpc) is 3.48. The maximum Gasteiger partial charge on any atom is 0.302 e. The van der Waals surface area contributed by atoms with E-state index in [1.807, 2.05) is 6.92 Å². The number of hydrogen-bond donors (Lipinski definition) is 0. The Hall–Kier alpha value is -1.18. The lowest BCUT2D eigenvalue weighted by Gasteiger charge is -2.71. The van der Waals surface area contributed by atoms with E-state index in [1.165, 1.54) is 6.92 Å². The number of fused-ring (bicyclic) bond motifs is 9. The van der Waals surface area contributed by atoms with Crippen LogP contribution in [-0.4, -0.2) is 53.3 Å². The van der Waals surface area contributed by atoms with Crippen molar-refractivity contribution in [3.8, 4) is 0 Å². The standard InChI is InChI=1S/C36H58O7/c1-12-39-30(6,7)36-20-18-34(11,42-36)35(43-36)19-17-33(10)28(35)24(40-22(2)37)21-26-31(8)15-14-27(41-23(3)38)29(4,5)25(31)13-16-32(26,33)9/h24-28H,12-21H2,1-11H3/t24-,25+,26-,27-,28+,31+,32-,33-,34+,35-,36-/m1/s1. The maximum atomic E-state index is 12.8. The van der Waals surface area contributed by atoms with Crippen LogP contribution in [0.2, 0.25) is 0 Å². The molecule has 1 spiro atoms. The number of ether oxygens (including phenoxy) is 5. The number of hydrogen-bond acceptors (Lipinski definition) is 7. The average molecular weight is 603 g/mol. The second-order valence-electron chi connectivity index (χ2n) is 17.3. The van der Waals surface area contributed by atoms with Crippen LogP contribution in [0.5, 0.6) is 0 Å². The van der Waals surface area contributed by atoms with Gasteiger partial charge in [-0.2, -0.15) is 0 Å². The van der Waals surface area contributed by atoms with E-state index in [0.29, 0.717) is 18.4 Å². The first-order chi connectivity index (χ1) is 19.8. The van der Waals surface area contributed by atoms with Crippen LogP contribution in [0.1, 0.15) is 134 Å². The summed E-state index contributed by atoms with van der Waals surface area (Å²) in [6, 6.07) is 0. The number of esters is 2. The van der Waals surface area contributed by atoms with Crippen molar-refractivity contribution in [2.45, 2.75) is 169 Å². The third-order valence-electron chi connectivity index (χ3n) is 14.9. The summed E-state index contributed by atoms with van der Waals surface area (Å²) in [6.07, 6.45) is 8.26. The maximum absolute atomic E-state index is 12.8. The molecule has 0 aromatic rings. The highest BCUT2D eigenvalue weighted by molar-refractivity contribution is 5.66. The molecule has 4 aliphatic carbocycles. The Labute approximate surface area is 259 Å². The highest BCUT2D eigenvalue weighted by atomic mass is 16.8. The summed E-state index contributed by atoms with van der Waals surface area (Å²) in [5, 5.41) is 0. The molecule has 244 valence electrons. The van der Waals surface area contributed by atoms with Gasteiger partial charge in [0.1, 0.15) is 23.4 Å². The number of carbonyl (C=O) groups excluding carboxylic acids is 2. The smallest absolute Gasteiger partial charge is 0.302 e. The fraction of sp³-hybridized carbons (Fsp3) is 0.944. The van der Waals surface area contributed by atoms with Crippen molar-refractivity contribution in [3.05, 3.63) is 0 Å². The van der Waals surface area contributed by atoms with Gasteiger partial charge in [-0.05, 0) is 107 Å². The second-order valence-corrected chi connectivity index (χ2v) is 17.3. The zero-order chi connectivity index (χ0) is 31.6. The van der Waals surface area contributed by atoms with Crippen molar-refractivity contribution in [2.24, 2.45) is 39.4 Å². The zero-order valence-electron chi connectivity index (χ0n) is 28.8. The fourth-order valence-electron chi connectivity index (χ4n) is 12.8. The van der Waals surface area contributed by atoms with E-state index in [0.717, 1.165) is 57.8 Å². The summed E-state index contributed by atoms with van der Waals surface area (Å²) in [7, 11) is 0. The zero-order valence-corrected chi connectivity index (χ0v) is 28.8. The summed E-state index contributed by atoms with van der Waals surface area (Å²) in [4.78, 5) is 24.9.